The van der Waals surface area contributed by atoms with E-state index in [4.69, 9.17) is 11.6 Å². The number of halogens is 2. The fourth-order valence-electron chi connectivity index (χ4n) is 2.22. The van der Waals surface area contributed by atoms with E-state index in [1.807, 2.05) is 11.7 Å². The molecule has 0 radical (unpaired) electrons. The van der Waals surface area contributed by atoms with Crippen LogP contribution in [-0.2, 0) is 19.9 Å². The Morgan fingerprint density at radius 2 is 2.19 bits per heavy atom. The van der Waals surface area contributed by atoms with Crippen LogP contribution in [0.15, 0.2) is 0 Å². The second-order valence-corrected chi connectivity index (χ2v) is 6.59. The number of hydrogen-bond acceptors (Lipinski definition) is 1. The van der Waals surface area contributed by atoms with Crippen LogP contribution in [0.1, 0.15) is 38.1 Å². The molecule has 0 amide bonds. The second kappa shape index (κ2) is 4.34. The Bertz CT molecular complexity index is 394. The standard InChI is InChI=1S/C12H18BrClN2/c1-4-9-11(14)10(16(3)15-9)7-12(5-6-12)8(2)13/h8H,4-7H2,1-3H3. The van der Waals surface area contributed by atoms with E-state index in [1.165, 1.54) is 18.5 Å². The van der Waals surface area contributed by atoms with Crippen LogP contribution in [0.2, 0.25) is 5.02 Å². The van der Waals surface area contributed by atoms with Crippen molar-refractivity contribution in [2.75, 3.05) is 0 Å². The van der Waals surface area contributed by atoms with Crippen LogP contribution in [0, 0.1) is 5.41 Å². The van der Waals surface area contributed by atoms with E-state index in [9.17, 15) is 0 Å². The van der Waals surface area contributed by atoms with Crippen LogP contribution < -0.4 is 0 Å². The quantitative estimate of drug-likeness (QED) is 0.775. The van der Waals surface area contributed by atoms with Crippen molar-refractivity contribution in [2.24, 2.45) is 12.5 Å². The third kappa shape index (κ3) is 2.04. The third-order valence-electron chi connectivity index (χ3n) is 3.76. The van der Waals surface area contributed by atoms with Crippen molar-refractivity contribution in [3.63, 3.8) is 0 Å². The first-order chi connectivity index (χ1) is 7.50. The number of alkyl halides is 1. The molecule has 0 aliphatic heterocycles. The fourth-order valence-corrected chi connectivity index (χ4v) is 3.20. The average molecular weight is 306 g/mol. The van der Waals surface area contributed by atoms with E-state index in [2.05, 4.69) is 34.9 Å². The van der Waals surface area contributed by atoms with Gasteiger partial charge < -0.3 is 0 Å². The molecule has 2 rings (SSSR count). The Morgan fingerprint density at radius 3 is 2.56 bits per heavy atom. The van der Waals surface area contributed by atoms with Gasteiger partial charge in [0, 0.05) is 11.9 Å². The van der Waals surface area contributed by atoms with Crippen LogP contribution in [0.4, 0.5) is 0 Å². The first-order valence-corrected chi connectivity index (χ1v) is 7.14. The molecular formula is C12H18BrClN2. The zero-order valence-corrected chi connectivity index (χ0v) is 12.4. The summed E-state index contributed by atoms with van der Waals surface area (Å²) < 4.78 is 1.95. The van der Waals surface area contributed by atoms with E-state index < -0.39 is 0 Å². The molecule has 0 N–H and O–H groups in total. The highest BCUT2D eigenvalue weighted by Crippen LogP contribution is 2.54. The van der Waals surface area contributed by atoms with Gasteiger partial charge in [0.25, 0.3) is 0 Å². The maximum absolute atomic E-state index is 6.37. The van der Waals surface area contributed by atoms with Gasteiger partial charge in [-0.15, -0.1) is 0 Å². The lowest BCUT2D eigenvalue weighted by Crippen LogP contribution is -2.17. The lowest BCUT2D eigenvalue weighted by atomic mass is 9.96. The molecule has 4 heteroatoms. The van der Waals surface area contributed by atoms with Crippen molar-refractivity contribution in [1.82, 2.24) is 9.78 Å². The lowest BCUT2D eigenvalue weighted by Gasteiger charge is -2.18. The molecule has 0 bridgehead atoms. The van der Waals surface area contributed by atoms with Crippen LogP contribution >= 0.6 is 27.5 Å². The van der Waals surface area contributed by atoms with Gasteiger partial charge in [0.1, 0.15) is 0 Å². The van der Waals surface area contributed by atoms with E-state index >= 15 is 0 Å². The molecular weight excluding hydrogens is 288 g/mol. The maximum Gasteiger partial charge on any atom is 0.0849 e. The molecule has 1 aliphatic rings. The Labute approximate surface area is 110 Å². The van der Waals surface area contributed by atoms with Crippen LogP contribution in [0.5, 0.6) is 0 Å². The monoisotopic (exact) mass is 304 g/mol. The molecule has 1 aliphatic carbocycles. The molecule has 0 aromatic carbocycles. The van der Waals surface area contributed by atoms with Gasteiger partial charge in [0.2, 0.25) is 0 Å². The van der Waals surface area contributed by atoms with E-state index in [0.717, 1.165) is 23.6 Å². The van der Waals surface area contributed by atoms with Gasteiger partial charge in [-0.25, -0.2) is 0 Å². The first kappa shape index (κ1) is 12.4. The molecule has 1 fully saturated rings. The number of nitrogens with zero attached hydrogens (tertiary/aromatic N) is 2. The zero-order chi connectivity index (χ0) is 11.9. The summed E-state index contributed by atoms with van der Waals surface area (Å²) in [6, 6.07) is 0. The van der Waals surface area contributed by atoms with Gasteiger partial charge in [0.15, 0.2) is 0 Å². The number of aryl methyl sites for hydroxylation is 2. The molecule has 0 spiro atoms. The number of rotatable bonds is 4. The summed E-state index contributed by atoms with van der Waals surface area (Å²) in [5, 5.41) is 5.35. The molecule has 1 unspecified atom stereocenters. The van der Waals surface area contributed by atoms with Crippen molar-refractivity contribution in [3.05, 3.63) is 16.4 Å². The van der Waals surface area contributed by atoms with Gasteiger partial charge >= 0.3 is 0 Å². The molecule has 1 heterocycles. The van der Waals surface area contributed by atoms with Crippen molar-refractivity contribution >= 4 is 27.5 Å². The van der Waals surface area contributed by atoms with Crippen molar-refractivity contribution in [2.45, 2.75) is 44.4 Å². The summed E-state index contributed by atoms with van der Waals surface area (Å²) >= 11 is 10.1. The Kier molecular flexibility index (Phi) is 3.37. The molecule has 1 atom stereocenters. The molecule has 1 aromatic rings. The highest BCUT2D eigenvalue weighted by atomic mass is 79.9. The zero-order valence-electron chi connectivity index (χ0n) is 10.1. The second-order valence-electron chi connectivity index (χ2n) is 4.84. The molecule has 2 nitrogen and oxygen atoms in total. The summed E-state index contributed by atoms with van der Waals surface area (Å²) in [5.41, 5.74) is 2.64. The average Bonchev–Trinajstić information content (AvgIpc) is 2.97. The van der Waals surface area contributed by atoms with Gasteiger partial charge in [-0.1, -0.05) is 41.4 Å². The van der Waals surface area contributed by atoms with Gasteiger partial charge in [0.05, 0.1) is 16.4 Å². The summed E-state index contributed by atoms with van der Waals surface area (Å²) in [4.78, 5) is 0.552. The fraction of sp³-hybridized carbons (Fsp3) is 0.750. The maximum atomic E-state index is 6.37. The summed E-state index contributed by atoms with van der Waals surface area (Å²) in [7, 11) is 2.00. The minimum absolute atomic E-state index is 0.419. The van der Waals surface area contributed by atoms with Crippen LogP contribution in [-0.4, -0.2) is 14.6 Å². The minimum atomic E-state index is 0.419. The predicted octanol–water partition coefficient (Wildman–Crippen LogP) is 3.74. The van der Waals surface area contributed by atoms with Crippen molar-refractivity contribution in [1.29, 1.82) is 0 Å². The molecule has 1 saturated carbocycles. The van der Waals surface area contributed by atoms with E-state index in [1.54, 1.807) is 0 Å². The number of hydrogen-bond donors (Lipinski definition) is 0. The highest BCUT2D eigenvalue weighted by molar-refractivity contribution is 9.09. The molecule has 90 valence electrons. The minimum Gasteiger partial charge on any atom is -0.271 e. The van der Waals surface area contributed by atoms with Crippen LogP contribution in [0.25, 0.3) is 0 Å². The summed E-state index contributed by atoms with van der Waals surface area (Å²) in [5.74, 6) is 0. The van der Waals surface area contributed by atoms with E-state index in [0.29, 0.717) is 10.2 Å². The van der Waals surface area contributed by atoms with Crippen molar-refractivity contribution < 1.29 is 0 Å². The molecule has 0 saturated heterocycles. The van der Waals surface area contributed by atoms with Gasteiger partial charge in [-0.05, 0) is 31.1 Å². The number of aromatic nitrogens is 2. The Balaban J connectivity index is 2.25. The Morgan fingerprint density at radius 1 is 1.56 bits per heavy atom. The molecule has 1 aromatic heterocycles. The summed E-state index contributed by atoms with van der Waals surface area (Å²) in [6.07, 6.45) is 4.54. The SMILES string of the molecule is CCc1nn(C)c(CC2(C(C)Br)CC2)c1Cl. The third-order valence-corrected chi connectivity index (χ3v) is 5.17. The van der Waals surface area contributed by atoms with Gasteiger partial charge in [-0.2, -0.15) is 5.10 Å². The highest BCUT2D eigenvalue weighted by Gasteiger charge is 2.47. The molecule has 16 heavy (non-hydrogen) atoms. The van der Waals surface area contributed by atoms with Crippen molar-refractivity contribution in [3.8, 4) is 0 Å². The Hall–Kier alpha value is -0.0200. The predicted molar refractivity (Wildman–Crippen MR) is 71.4 cm³/mol. The summed E-state index contributed by atoms with van der Waals surface area (Å²) in [6.45, 7) is 4.33. The van der Waals surface area contributed by atoms with Crippen LogP contribution in [0.3, 0.4) is 0 Å². The van der Waals surface area contributed by atoms with E-state index in [-0.39, 0.29) is 0 Å². The van der Waals surface area contributed by atoms with Gasteiger partial charge in [-0.3, -0.25) is 4.68 Å². The normalized spacial score (nSPS) is 19.8. The largest absolute Gasteiger partial charge is 0.271 e. The lowest BCUT2D eigenvalue weighted by molar-refractivity contribution is 0.487. The topological polar surface area (TPSA) is 17.8 Å². The first-order valence-electron chi connectivity index (χ1n) is 5.84. The smallest absolute Gasteiger partial charge is 0.0849 e.